The monoisotopic (exact) mass is 277 g/mol. The maximum absolute atomic E-state index is 5.71. The lowest BCUT2D eigenvalue weighted by Gasteiger charge is -2.14. The molecule has 1 aromatic carbocycles. The Labute approximate surface area is 118 Å². The first-order chi connectivity index (χ1) is 9.31. The van der Waals surface area contributed by atoms with E-state index in [1.54, 1.807) is 18.4 Å². The standard InChI is InChI=1S/C15H19NO2S/c1-12(15-8-5-11-19-15)16-9-10-18-14-7-4-3-6-13(14)17-2/h3-8,11-12,16H,9-10H2,1-2H3. The maximum atomic E-state index is 5.71. The molecule has 0 bridgehead atoms. The summed E-state index contributed by atoms with van der Waals surface area (Å²) in [6.45, 7) is 3.59. The van der Waals surface area contributed by atoms with Crippen molar-refractivity contribution in [2.45, 2.75) is 13.0 Å². The minimum Gasteiger partial charge on any atom is -0.493 e. The molecular formula is C15H19NO2S. The summed E-state index contributed by atoms with van der Waals surface area (Å²) in [4.78, 5) is 1.34. The first-order valence-corrected chi connectivity index (χ1v) is 7.22. The number of rotatable bonds is 7. The summed E-state index contributed by atoms with van der Waals surface area (Å²) in [5.41, 5.74) is 0. The van der Waals surface area contributed by atoms with Crippen LogP contribution in [0.2, 0.25) is 0 Å². The van der Waals surface area contributed by atoms with Crippen molar-refractivity contribution in [1.82, 2.24) is 5.32 Å². The van der Waals surface area contributed by atoms with Gasteiger partial charge in [-0.15, -0.1) is 11.3 Å². The van der Waals surface area contributed by atoms with Gasteiger partial charge in [0.15, 0.2) is 11.5 Å². The molecule has 1 atom stereocenters. The van der Waals surface area contributed by atoms with E-state index in [0.717, 1.165) is 18.0 Å². The second kappa shape index (κ2) is 7.16. The molecule has 1 unspecified atom stereocenters. The molecule has 1 aromatic heterocycles. The van der Waals surface area contributed by atoms with Gasteiger partial charge < -0.3 is 14.8 Å². The average molecular weight is 277 g/mol. The molecule has 1 N–H and O–H groups in total. The van der Waals surface area contributed by atoms with Gasteiger partial charge in [-0.25, -0.2) is 0 Å². The highest BCUT2D eigenvalue weighted by atomic mass is 32.1. The van der Waals surface area contributed by atoms with Crippen LogP contribution in [0.5, 0.6) is 11.5 Å². The number of para-hydroxylation sites is 2. The van der Waals surface area contributed by atoms with Crippen LogP contribution >= 0.6 is 11.3 Å². The lowest BCUT2D eigenvalue weighted by molar-refractivity contribution is 0.288. The summed E-state index contributed by atoms with van der Waals surface area (Å²) < 4.78 is 11.0. The molecule has 0 aliphatic carbocycles. The van der Waals surface area contributed by atoms with Crippen LogP contribution in [-0.2, 0) is 0 Å². The molecule has 102 valence electrons. The van der Waals surface area contributed by atoms with Crippen LogP contribution in [0.15, 0.2) is 41.8 Å². The third-order valence-electron chi connectivity index (χ3n) is 2.85. The zero-order valence-electron chi connectivity index (χ0n) is 11.3. The summed E-state index contributed by atoms with van der Waals surface area (Å²) in [7, 11) is 1.65. The van der Waals surface area contributed by atoms with Gasteiger partial charge in [-0.05, 0) is 30.5 Å². The fourth-order valence-corrected chi connectivity index (χ4v) is 2.57. The molecule has 0 spiro atoms. The van der Waals surface area contributed by atoms with E-state index in [9.17, 15) is 0 Å². The summed E-state index contributed by atoms with van der Waals surface area (Å²) in [6, 6.07) is 12.3. The Morgan fingerprint density at radius 1 is 1.16 bits per heavy atom. The normalized spacial score (nSPS) is 12.1. The van der Waals surface area contributed by atoms with Crippen molar-refractivity contribution >= 4 is 11.3 Å². The molecule has 0 saturated carbocycles. The van der Waals surface area contributed by atoms with Crippen LogP contribution in [0.3, 0.4) is 0 Å². The average Bonchev–Trinajstić information content (AvgIpc) is 2.98. The number of benzene rings is 1. The quantitative estimate of drug-likeness (QED) is 0.786. The Morgan fingerprint density at radius 2 is 1.95 bits per heavy atom. The van der Waals surface area contributed by atoms with Crippen molar-refractivity contribution in [3.05, 3.63) is 46.7 Å². The molecule has 2 rings (SSSR count). The molecule has 0 amide bonds. The zero-order valence-corrected chi connectivity index (χ0v) is 12.1. The molecule has 0 aliphatic rings. The van der Waals surface area contributed by atoms with Crippen molar-refractivity contribution in [1.29, 1.82) is 0 Å². The molecule has 2 aromatic rings. The van der Waals surface area contributed by atoms with Crippen LogP contribution in [0.4, 0.5) is 0 Å². The number of thiophene rings is 1. The maximum Gasteiger partial charge on any atom is 0.161 e. The molecule has 0 aliphatic heterocycles. The molecule has 1 heterocycles. The van der Waals surface area contributed by atoms with Crippen molar-refractivity contribution in [3.8, 4) is 11.5 Å². The lowest BCUT2D eigenvalue weighted by Crippen LogP contribution is -2.23. The Hall–Kier alpha value is -1.52. The van der Waals surface area contributed by atoms with Gasteiger partial charge >= 0.3 is 0 Å². The van der Waals surface area contributed by atoms with Gasteiger partial charge in [0, 0.05) is 17.5 Å². The molecule has 0 fully saturated rings. The Balaban J connectivity index is 1.75. The highest BCUT2D eigenvalue weighted by Gasteiger charge is 2.06. The van der Waals surface area contributed by atoms with Gasteiger partial charge in [0.1, 0.15) is 6.61 Å². The SMILES string of the molecule is COc1ccccc1OCCNC(C)c1cccs1. The van der Waals surface area contributed by atoms with Gasteiger partial charge in [-0.3, -0.25) is 0 Å². The largest absolute Gasteiger partial charge is 0.493 e. The van der Waals surface area contributed by atoms with E-state index in [0.29, 0.717) is 12.6 Å². The second-order valence-electron chi connectivity index (χ2n) is 4.19. The van der Waals surface area contributed by atoms with E-state index in [4.69, 9.17) is 9.47 Å². The fraction of sp³-hybridized carbons (Fsp3) is 0.333. The number of hydrogen-bond donors (Lipinski definition) is 1. The van der Waals surface area contributed by atoms with Crippen molar-refractivity contribution in [3.63, 3.8) is 0 Å². The fourth-order valence-electron chi connectivity index (χ4n) is 1.81. The van der Waals surface area contributed by atoms with Crippen molar-refractivity contribution in [2.24, 2.45) is 0 Å². The molecule has 3 nitrogen and oxygen atoms in total. The highest BCUT2D eigenvalue weighted by molar-refractivity contribution is 7.10. The summed E-state index contributed by atoms with van der Waals surface area (Å²) in [5, 5.41) is 5.53. The van der Waals surface area contributed by atoms with E-state index in [-0.39, 0.29) is 0 Å². The van der Waals surface area contributed by atoms with E-state index in [1.165, 1.54) is 4.88 Å². The molecule has 0 radical (unpaired) electrons. The Bertz CT molecular complexity index is 485. The highest BCUT2D eigenvalue weighted by Crippen LogP contribution is 2.25. The van der Waals surface area contributed by atoms with Crippen LogP contribution in [0, 0.1) is 0 Å². The van der Waals surface area contributed by atoms with Crippen LogP contribution in [0.1, 0.15) is 17.8 Å². The first-order valence-electron chi connectivity index (χ1n) is 6.34. The van der Waals surface area contributed by atoms with E-state index >= 15 is 0 Å². The number of hydrogen-bond acceptors (Lipinski definition) is 4. The second-order valence-corrected chi connectivity index (χ2v) is 5.17. The topological polar surface area (TPSA) is 30.5 Å². The predicted octanol–water partition coefficient (Wildman–Crippen LogP) is 3.49. The Morgan fingerprint density at radius 3 is 2.63 bits per heavy atom. The summed E-state index contributed by atoms with van der Waals surface area (Å²) in [6.07, 6.45) is 0. The third kappa shape index (κ3) is 3.98. The minimum absolute atomic E-state index is 0.362. The van der Waals surface area contributed by atoms with Gasteiger partial charge in [0.05, 0.1) is 7.11 Å². The smallest absolute Gasteiger partial charge is 0.161 e. The van der Waals surface area contributed by atoms with Crippen molar-refractivity contribution < 1.29 is 9.47 Å². The van der Waals surface area contributed by atoms with Gasteiger partial charge in [-0.2, -0.15) is 0 Å². The zero-order chi connectivity index (χ0) is 13.5. The van der Waals surface area contributed by atoms with Crippen LogP contribution in [-0.4, -0.2) is 20.3 Å². The van der Waals surface area contributed by atoms with Crippen molar-refractivity contribution in [2.75, 3.05) is 20.3 Å². The van der Waals surface area contributed by atoms with Crippen LogP contribution < -0.4 is 14.8 Å². The minimum atomic E-state index is 0.362. The lowest BCUT2D eigenvalue weighted by atomic mass is 10.3. The van der Waals surface area contributed by atoms with E-state index in [1.807, 2.05) is 24.3 Å². The Kier molecular flexibility index (Phi) is 5.24. The summed E-state index contributed by atoms with van der Waals surface area (Å²) >= 11 is 1.77. The predicted molar refractivity (Wildman–Crippen MR) is 79.2 cm³/mol. The van der Waals surface area contributed by atoms with Gasteiger partial charge in [-0.1, -0.05) is 18.2 Å². The number of ether oxygens (including phenoxy) is 2. The van der Waals surface area contributed by atoms with E-state index < -0.39 is 0 Å². The first kappa shape index (κ1) is 13.9. The summed E-state index contributed by atoms with van der Waals surface area (Å²) in [5.74, 6) is 1.56. The number of methoxy groups -OCH3 is 1. The van der Waals surface area contributed by atoms with Gasteiger partial charge in [0.2, 0.25) is 0 Å². The van der Waals surface area contributed by atoms with E-state index in [2.05, 4.69) is 29.8 Å². The molecule has 0 saturated heterocycles. The number of nitrogens with one attached hydrogen (secondary N) is 1. The van der Waals surface area contributed by atoms with Crippen LogP contribution in [0.25, 0.3) is 0 Å². The molecule has 4 heteroatoms. The third-order valence-corrected chi connectivity index (χ3v) is 3.90. The molecule has 19 heavy (non-hydrogen) atoms. The molecular weight excluding hydrogens is 258 g/mol. The van der Waals surface area contributed by atoms with Gasteiger partial charge in [0.25, 0.3) is 0 Å².